The summed E-state index contributed by atoms with van der Waals surface area (Å²) >= 11 is 0. The standard InChI is InChI=1S/C36H66O10/c1-3-5-7-9-11-13-14-15-16-17-19-21-23-25-32(39)45-29(27-43-31(38)24-22-20-18-12-10-8-6-4-2)28-44-36-35(42)34(41)33(40)30(26-37)46-36/h15-16,29-30,33-37,40-42H,3-14,17-28H2,1-2H3/b16-15+/t29-,30-,33+,34?,35?,36-/m1/s1. The minimum absolute atomic E-state index is 0.213. The van der Waals surface area contributed by atoms with E-state index in [0.29, 0.717) is 6.42 Å². The molecule has 4 N–H and O–H groups in total. The van der Waals surface area contributed by atoms with Crippen LogP contribution in [0.2, 0.25) is 0 Å². The highest BCUT2D eigenvalue weighted by molar-refractivity contribution is 5.70. The van der Waals surface area contributed by atoms with Crippen molar-refractivity contribution in [3.05, 3.63) is 12.2 Å². The van der Waals surface area contributed by atoms with E-state index < -0.39 is 49.4 Å². The zero-order valence-electron chi connectivity index (χ0n) is 28.8. The zero-order chi connectivity index (χ0) is 33.8. The van der Waals surface area contributed by atoms with Gasteiger partial charge in [-0.2, -0.15) is 0 Å². The number of carbonyl (C=O) groups excluding carboxylic acids is 2. The van der Waals surface area contributed by atoms with Gasteiger partial charge in [-0.15, -0.1) is 0 Å². The third kappa shape index (κ3) is 20.6. The molecule has 6 atom stereocenters. The van der Waals surface area contributed by atoms with Gasteiger partial charge in [0.05, 0.1) is 13.2 Å². The summed E-state index contributed by atoms with van der Waals surface area (Å²) in [5, 5.41) is 39.8. The summed E-state index contributed by atoms with van der Waals surface area (Å²) in [6.45, 7) is 3.34. The van der Waals surface area contributed by atoms with E-state index >= 15 is 0 Å². The Morgan fingerprint density at radius 1 is 0.652 bits per heavy atom. The first-order valence-corrected chi connectivity index (χ1v) is 18.3. The molecule has 1 saturated heterocycles. The molecule has 1 aliphatic heterocycles. The van der Waals surface area contributed by atoms with Gasteiger partial charge in [0.15, 0.2) is 12.4 Å². The fourth-order valence-corrected chi connectivity index (χ4v) is 5.42. The first-order chi connectivity index (χ1) is 22.3. The van der Waals surface area contributed by atoms with Crippen LogP contribution >= 0.6 is 0 Å². The lowest BCUT2D eigenvalue weighted by Gasteiger charge is -2.39. The molecular weight excluding hydrogens is 592 g/mol. The number of allylic oxidation sites excluding steroid dienone is 2. The van der Waals surface area contributed by atoms with Gasteiger partial charge in [0, 0.05) is 12.8 Å². The molecule has 0 saturated carbocycles. The molecule has 0 aromatic heterocycles. The van der Waals surface area contributed by atoms with E-state index in [-0.39, 0.29) is 32.0 Å². The van der Waals surface area contributed by atoms with Crippen molar-refractivity contribution in [3.8, 4) is 0 Å². The summed E-state index contributed by atoms with van der Waals surface area (Å²) in [5.74, 6) is -0.829. The third-order valence-electron chi connectivity index (χ3n) is 8.40. The minimum atomic E-state index is -1.59. The van der Waals surface area contributed by atoms with Crippen LogP contribution in [0.1, 0.15) is 149 Å². The van der Waals surface area contributed by atoms with Crippen LogP contribution in [0, 0.1) is 0 Å². The van der Waals surface area contributed by atoms with Crippen LogP contribution in [0.25, 0.3) is 0 Å². The average molecular weight is 659 g/mol. The molecule has 0 aliphatic carbocycles. The first-order valence-electron chi connectivity index (χ1n) is 18.3. The molecule has 0 aromatic rings. The summed E-state index contributed by atoms with van der Waals surface area (Å²) < 4.78 is 21.9. The Hall–Kier alpha value is -1.56. The first kappa shape index (κ1) is 42.5. The van der Waals surface area contributed by atoms with Crippen LogP contribution < -0.4 is 0 Å². The molecule has 0 amide bonds. The van der Waals surface area contributed by atoms with Crippen molar-refractivity contribution in [2.75, 3.05) is 19.8 Å². The van der Waals surface area contributed by atoms with Gasteiger partial charge in [-0.05, 0) is 38.5 Å². The summed E-state index contributed by atoms with van der Waals surface area (Å²) in [7, 11) is 0. The van der Waals surface area contributed by atoms with Crippen molar-refractivity contribution < 1.29 is 49.0 Å². The van der Waals surface area contributed by atoms with E-state index in [2.05, 4.69) is 26.0 Å². The highest BCUT2D eigenvalue weighted by atomic mass is 16.7. The van der Waals surface area contributed by atoms with Crippen molar-refractivity contribution in [1.82, 2.24) is 0 Å². The molecule has 0 radical (unpaired) electrons. The quantitative estimate of drug-likeness (QED) is 0.0425. The topological polar surface area (TPSA) is 152 Å². The maximum absolute atomic E-state index is 12.6. The Balaban J connectivity index is 2.44. The number of ether oxygens (including phenoxy) is 4. The molecule has 0 aromatic carbocycles. The summed E-state index contributed by atoms with van der Waals surface area (Å²) in [5.41, 5.74) is 0. The van der Waals surface area contributed by atoms with Gasteiger partial charge in [0.1, 0.15) is 31.0 Å². The van der Waals surface area contributed by atoms with E-state index in [1.54, 1.807) is 0 Å². The molecule has 1 fully saturated rings. The van der Waals surface area contributed by atoms with Gasteiger partial charge in [-0.1, -0.05) is 109 Å². The second-order valence-electron chi connectivity index (χ2n) is 12.7. The van der Waals surface area contributed by atoms with E-state index in [4.69, 9.17) is 18.9 Å². The summed E-state index contributed by atoms with van der Waals surface area (Å²) in [6, 6.07) is 0. The molecule has 10 heteroatoms. The highest BCUT2D eigenvalue weighted by Crippen LogP contribution is 2.22. The molecule has 0 spiro atoms. The zero-order valence-corrected chi connectivity index (χ0v) is 28.8. The second kappa shape index (κ2) is 28.5. The minimum Gasteiger partial charge on any atom is -0.462 e. The van der Waals surface area contributed by atoms with Crippen molar-refractivity contribution in [3.63, 3.8) is 0 Å². The Morgan fingerprint density at radius 3 is 1.72 bits per heavy atom. The largest absolute Gasteiger partial charge is 0.462 e. The molecule has 2 unspecified atom stereocenters. The number of hydrogen-bond acceptors (Lipinski definition) is 10. The van der Waals surface area contributed by atoms with Crippen LogP contribution in [0.15, 0.2) is 12.2 Å². The third-order valence-corrected chi connectivity index (χ3v) is 8.40. The monoisotopic (exact) mass is 658 g/mol. The average Bonchev–Trinajstić information content (AvgIpc) is 3.05. The molecule has 1 aliphatic rings. The number of unbranched alkanes of at least 4 members (excludes halogenated alkanes) is 16. The van der Waals surface area contributed by atoms with Gasteiger partial charge >= 0.3 is 11.9 Å². The van der Waals surface area contributed by atoms with Gasteiger partial charge in [-0.25, -0.2) is 0 Å². The number of aliphatic hydroxyl groups excluding tert-OH is 4. The summed E-state index contributed by atoms with van der Waals surface area (Å²) in [4.78, 5) is 25.0. The summed E-state index contributed by atoms with van der Waals surface area (Å²) in [6.07, 6.45) is 18.1. The van der Waals surface area contributed by atoms with Crippen LogP contribution in [0.5, 0.6) is 0 Å². The molecule has 0 bridgehead atoms. The van der Waals surface area contributed by atoms with Gasteiger partial charge in [-0.3, -0.25) is 9.59 Å². The number of carbonyl (C=O) groups is 2. The lowest BCUT2D eigenvalue weighted by atomic mass is 9.99. The van der Waals surface area contributed by atoms with Gasteiger partial charge in [0.2, 0.25) is 0 Å². The maximum atomic E-state index is 12.6. The number of aliphatic hydroxyl groups is 4. The molecule has 270 valence electrons. The Kier molecular flexibility index (Phi) is 26.3. The lowest BCUT2D eigenvalue weighted by molar-refractivity contribution is -0.305. The van der Waals surface area contributed by atoms with Crippen LogP contribution in [0.3, 0.4) is 0 Å². The SMILES string of the molecule is CCCCCCCC/C=C/CCCCCC(=O)O[C@H](COC(=O)CCCCCCCCCC)CO[C@@H]1O[C@H](CO)[C@H](O)C(O)C1O. The van der Waals surface area contributed by atoms with E-state index in [1.807, 2.05) is 0 Å². The molecule has 10 nitrogen and oxygen atoms in total. The molecule has 1 heterocycles. The van der Waals surface area contributed by atoms with Gasteiger partial charge < -0.3 is 39.4 Å². The van der Waals surface area contributed by atoms with E-state index in [9.17, 15) is 30.0 Å². The van der Waals surface area contributed by atoms with E-state index in [0.717, 1.165) is 51.4 Å². The van der Waals surface area contributed by atoms with Crippen molar-refractivity contribution >= 4 is 11.9 Å². The second-order valence-corrected chi connectivity index (χ2v) is 12.7. The van der Waals surface area contributed by atoms with Crippen LogP contribution in [-0.4, -0.2) is 89.0 Å². The highest BCUT2D eigenvalue weighted by Gasteiger charge is 2.44. The van der Waals surface area contributed by atoms with Crippen molar-refractivity contribution in [2.45, 2.75) is 185 Å². The lowest BCUT2D eigenvalue weighted by Crippen LogP contribution is -2.59. The predicted molar refractivity (Wildman–Crippen MR) is 178 cm³/mol. The predicted octanol–water partition coefficient (Wildman–Crippen LogP) is 6.05. The smallest absolute Gasteiger partial charge is 0.306 e. The molecule has 1 rings (SSSR count). The van der Waals surface area contributed by atoms with Crippen molar-refractivity contribution in [2.24, 2.45) is 0 Å². The number of rotatable bonds is 29. The van der Waals surface area contributed by atoms with Crippen LogP contribution in [-0.2, 0) is 28.5 Å². The number of esters is 2. The number of hydrogen-bond donors (Lipinski definition) is 4. The Morgan fingerprint density at radius 2 is 1.15 bits per heavy atom. The van der Waals surface area contributed by atoms with Crippen molar-refractivity contribution in [1.29, 1.82) is 0 Å². The fourth-order valence-electron chi connectivity index (χ4n) is 5.42. The fraction of sp³-hybridized carbons (Fsp3) is 0.889. The Bertz CT molecular complexity index is 774. The molecular formula is C36H66O10. The Labute approximate surface area is 278 Å². The molecule has 46 heavy (non-hydrogen) atoms. The van der Waals surface area contributed by atoms with Crippen LogP contribution in [0.4, 0.5) is 0 Å². The normalized spacial score (nSPS) is 22.3. The van der Waals surface area contributed by atoms with E-state index in [1.165, 1.54) is 64.2 Å². The van der Waals surface area contributed by atoms with Gasteiger partial charge in [0.25, 0.3) is 0 Å². The maximum Gasteiger partial charge on any atom is 0.306 e.